The Morgan fingerprint density at radius 1 is 1.00 bits per heavy atom. The highest BCUT2D eigenvalue weighted by Crippen LogP contribution is 2.32. The van der Waals surface area contributed by atoms with Gasteiger partial charge in [0.05, 0.1) is 12.1 Å². The quantitative estimate of drug-likeness (QED) is 0.715. The topological polar surface area (TPSA) is 59.1 Å². The predicted molar refractivity (Wildman–Crippen MR) is 112 cm³/mol. The lowest BCUT2D eigenvalue weighted by molar-refractivity contribution is -0.139. The number of hydrogen-bond acceptors (Lipinski definition) is 4. The Morgan fingerprint density at radius 3 is 2.34 bits per heavy atom. The molecular formula is C21H22Cl2N2O4. The van der Waals surface area contributed by atoms with Gasteiger partial charge in [-0.1, -0.05) is 35.3 Å². The Labute approximate surface area is 179 Å². The molecular weight excluding hydrogens is 415 g/mol. The largest absolute Gasteiger partial charge is 0.497 e. The minimum Gasteiger partial charge on any atom is -0.497 e. The maximum Gasteiger partial charge on any atom is 0.263 e. The smallest absolute Gasteiger partial charge is 0.263 e. The molecule has 0 radical (unpaired) electrons. The van der Waals surface area contributed by atoms with Crippen LogP contribution < -0.4 is 9.47 Å². The van der Waals surface area contributed by atoms with Gasteiger partial charge in [0.2, 0.25) is 0 Å². The van der Waals surface area contributed by atoms with Gasteiger partial charge >= 0.3 is 0 Å². The van der Waals surface area contributed by atoms with Gasteiger partial charge in [0.15, 0.2) is 6.10 Å². The van der Waals surface area contributed by atoms with Gasteiger partial charge in [-0.3, -0.25) is 9.59 Å². The van der Waals surface area contributed by atoms with E-state index in [0.29, 0.717) is 48.3 Å². The second-order valence-electron chi connectivity index (χ2n) is 6.66. The Hall–Kier alpha value is -2.44. The molecule has 0 bridgehead atoms. The molecule has 1 aliphatic heterocycles. The van der Waals surface area contributed by atoms with Gasteiger partial charge in [-0.05, 0) is 37.3 Å². The summed E-state index contributed by atoms with van der Waals surface area (Å²) in [6.07, 6.45) is -0.716. The van der Waals surface area contributed by atoms with Crippen molar-refractivity contribution in [3.63, 3.8) is 0 Å². The van der Waals surface area contributed by atoms with Crippen LogP contribution in [0.15, 0.2) is 42.5 Å². The van der Waals surface area contributed by atoms with Crippen molar-refractivity contribution in [2.45, 2.75) is 13.0 Å². The van der Waals surface area contributed by atoms with Gasteiger partial charge in [0, 0.05) is 31.7 Å². The van der Waals surface area contributed by atoms with Gasteiger partial charge in [0.1, 0.15) is 16.5 Å². The highest BCUT2D eigenvalue weighted by molar-refractivity contribution is 6.42. The number of benzene rings is 2. The third-order valence-electron chi connectivity index (χ3n) is 4.76. The molecule has 1 saturated heterocycles. The van der Waals surface area contributed by atoms with E-state index in [1.165, 1.54) is 0 Å². The lowest BCUT2D eigenvalue weighted by atomic mass is 10.1. The Kier molecular flexibility index (Phi) is 6.87. The van der Waals surface area contributed by atoms with Gasteiger partial charge in [0.25, 0.3) is 11.8 Å². The molecule has 29 heavy (non-hydrogen) atoms. The zero-order valence-corrected chi connectivity index (χ0v) is 17.7. The van der Waals surface area contributed by atoms with Crippen LogP contribution in [-0.2, 0) is 4.79 Å². The second-order valence-corrected chi connectivity index (χ2v) is 7.45. The first kappa shape index (κ1) is 21.3. The first-order chi connectivity index (χ1) is 13.9. The zero-order valence-electron chi connectivity index (χ0n) is 16.2. The van der Waals surface area contributed by atoms with E-state index in [-0.39, 0.29) is 16.8 Å². The van der Waals surface area contributed by atoms with Crippen molar-refractivity contribution in [1.29, 1.82) is 0 Å². The number of carbonyl (C=O) groups excluding carboxylic acids is 2. The Bertz CT molecular complexity index is 898. The molecule has 2 aromatic carbocycles. The fourth-order valence-electron chi connectivity index (χ4n) is 3.14. The van der Waals surface area contributed by atoms with Crippen molar-refractivity contribution >= 4 is 35.0 Å². The standard InChI is InChI=1S/C21H22Cl2N2O4/c1-14(29-18-8-4-7-17(22)19(18)23)20(26)24-9-11-25(12-10-24)21(27)15-5-3-6-16(13-15)28-2/h3-8,13-14H,9-12H2,1-2H3. The highest BCUT2D eigenvalue weighted by atomic mass is 35.5. The van der Waals surface area contributed by atoms with Crippen molar-refractivity contribution < 1.29 is 19.1 Å². The third kappa shape index (κ3) is 4.95. The van der Waals surface area contributed by atoms with E-state index in [9.17, 15) is 9.59 Å². The van der Waals surface area contributed by atoms with Gasteiger partial charge in [-0.25, -0.2) is 0 Å². The number of halogens is 2. The van der Waals surface area contributed by atoms with E-state index >= 15 is 0 Å². The normalized spacial score (nSPS) is 15.0. The van der Waals surface area contributed by atoms with Gasteiger partial charge in [-0.15, -0.1) is 0 Å². The average Bonchev–Trinajstić information content (AvgIpc) is 2.76. The van der Waals surface area contributed by atoms with Crippen LogP contribution in [0.5, 0.6) is 11.5 Å². The summed E-state index contributed by atoms with van der Waals surface area (Å²) < 4.78 is 10.9. The first-order valence-electron chi connectivity index (χ1n) is 9.23. The molecule has 0 spiro atoms. The lowest BCUT2D eigenvalue weighted by Crippen LogP contribution is -2.53. The fourth-order valence-corrected chi connectivity index (χ4v) is 3.48. The summed E-state index contributed by atoms with van der Waals surface area (Å²) in [4.78, 5) is 28.9. The first-order valence-corrected chi connectivity index (χ1v) is 9.99. The summed E-state index contributed by atoms with van der Waals surface area (Å²) in [7, 11) is 1.56. The molecule has 8 heteroatoms. The minimum absolute atomic E-state index is 0.0778. The van der Waals surface area contributed by atoms with E-state index in [1.807, 2.05) is 0 Å². The van der Waals surface area contributed by atoms with Crippen LogP contribution in [0.1, 0.15) is 17.3 Å². The summed E-state index contributed by atoms with van der Waals surface area (Å²) in [5.41, 5.74) is 0.566. The Balaban J connectivity index is 1.57. The number of amides is 2. The maximum absolute atomic E-state index is 12.7. The molecule has 0 N–H and O–H groups in total. The van der Waals surface area contributed by atoms with Gasteiger partial charge in [-0.2, -0.15) is 0 Å². The van der Waals surface area contributed by atoms with Gasteiger partial charge < -0.3 is 19.3 Å². The summed E-state index contributed by atoms with van der Waals surface area (Å²) in [6.45, 7) is 3.45. The lowest BCUT2D eigenvalue weighted by Gasteiger charge is -2.36. The summed E-state index contributed by atoms with van der Waals surface area (Å²) in [6, 6.07) is 12.1. The Morgan fingerprint density at radius 2 is 1.66 bits per heavy atom. The zero-order chi connectivity index (χ0) is 21.0. The molecule has 0 saturated carbocycles. The van der Waals surface area contributed by atoms with E-state index in [0.717, 1.165) is 0 Å². The summed E-state index contributed by atoms with van der Waals surface area (Å²) in [5, 5.41) is 0.649. The molecule has 2 aromatic rings. The van der Waals surface area contributed by atoms with E-state index in [2.05, 4.69) is 0 Å². The number of hydrogen-bond donors (Lipinski definition) is 0. The van der Waals surface area contributed by atoms with Crippen molar-refractivity contribution in [2.24, 2.45) is 0 Å². The van der Waals surface area contributed by atoms with Crippen LogP contribution in [0.25, 0.3) is 0 Å². The number of methoxy groups -OCH3 is 1. The highest BCUT2D eigenvalue weighted by Gasteiger charge is 2.28. The van der Waals surface area contributed by atoms with Crippen LogP contribution in [0.4, 0.5) is 0 Å². The summed E-state index contributed by atoms with van der Waals surface area (Å²) in [5.74, 6) is 0.766. The van der Waals surface area contributed by atoms with Crippen molar-refractivity contribution in [1.82, 2.24) is 9.80 Å². The fraction of sp³-hybridized carbons (Fsp3) is 0.333. The maximum atomic E-state index is 12.7. The van der Waals surface area contributed by atoms with Crippen LogP contribution in [0.2, 0.25) is 10.0 Å². The van der Waals surface area contributed by atoms with E-state index in [4.69, 9.17) is 32.7 Å². The van der Waals surface area contributed by atoms with Crippen molar-refractivity contribution in [3.8, 4) is 11.5 Å². The average molecular weight is 437 g/mol. The number of rotatable bonds is 5. The molecule has 1 atom stereocenters. The molecule has 3 rings (SSSR count). The molecule has 1 heterocycles. The van der Waals surface area contributed by atoms with Crippen LogP contribution in [-0.4, -0.2) is 61.0 Å². The molecule has 154 valence electrons. The van der Waals surface area contributed by atoms with Crippen LogP contribution in [0, 0.1) is 0 Å². The number of carbonyl (C=O) groups is 2. The van der Waals surface area contributed by atoms with Crippen molar-refractivity contribution in [3.05, 3.63) is 58.1 Å². The monoisotopic (exact) mass is 436 g/mol. The second kappa shape index (κ2) is 9.37. The molecule has 2 amide bonds. The summed E-state index contributed by atoms with van der Waals surface area (Å²) >= 11 is 12.1. The number of piperazine rings is 1. The molecule has 0 aliphatic carbocycles. The minimum atomic E-state index is -0.716. The predicted octanol–water partition coefficient (Wildman–Crippen LogP) is 3.75. The third-order valence-corrected chi connectivity index (χ3v) is 5.56. The molecule has 1 aliphatic rings. The van der Waals surface area contributed by atoms with E-state index in [1.54, 1.807) is 66.3 Å². The van der Waals surface area contributed by atoms with Crippen LogP contribution >= 0.6 is 23.2 Å². The van der Waals surface area contributed by atoms with Crippen LogP contribution in [0.3, 0.4) is 0 Å². The molecule has 1 fully saturated rings. The number of ether oxygens (including phenoxy) is 2. The van der Waals surface area contributed by atoms with Crippen molar-refractivity contribution in [2.75, 3.05) is 33.3 Å². The molecule has 1 unspecified atom stereocenters. The SMILES string of the molecule is COc1cccc(C(=O)N2CCN(C(=O)C(C)Oc3cccc(Cl)c3Cl)CC2)c1. The molecule has 0 aromatic heterocycles. The van der Waals surface area contributed by atoms with E-state index < -0.39 is 6.10 Å². The number of nitrogens with zero attached hydrogens (tertiary/aromatic N) is 2. The molecule has 6 nitrogen and oxygen atoms in total.